The number of carbonyl (C=O) groups is 3. The van der Waals surface area contributed by atoms with Crippen LogP contribution in [0.1, 0.15) is 29.9 Å². The highest BCUT2D eigenvalue weighted by molar-refractivity contribution is 6.30. The average Bonchev–Trinajstić information content (AvgIpc) is 2.88. The van der Waals surface area contributed by atoms with Crippen LogP contribution in [0.3, 0.4) is 0 Å². The van der Waals surface area contributed by atoms with Crippen LogP contribution in [0.15, 0.2) is 78.9 Å². The molecule has 6 nitrogen and oxygen atoms in total. The first-order valence-corrected chi connectivity index (χ1v) is 11.8. The van der Waals surface area contributed by atoms with Crippen LogP contribution in [0.25, 0.3) is 0 Å². The third-order valence-electron chi connectivity index (χ3n) is 7.70. The second kappa shape index (κ2) is 8.05. The number of urea groups is 1. The van der Waals surface area contributed by atoms with E-state index >= 15 is 4.39 Å². The molecule has 1 spiro atoms. The molecule has 3 aromatic rings. The first-order chi connectivity index (χ1) is 17.0. The number of amides is 4. The molecule has 2 fully saturated rings. The summed E-state index contributed by atoms with van der Waals surface area (Å²) in [6, 6.07) is 22.0. The topological polar surface area (TPSA) is 69.7 Å². The molecule has 3 aromatic carbocycles. The van der Waals surface area contributed by atoms with Gasteiger partial charge in [-0.1, -0.05) is 60.7 Å². The van der Waals surface area contributed by atoms with Crippen molar-refractivity contribution in [1.82, 2.24) is 5.32 Å². The Kier molecular flexibility index (Phi) is 4.95. The van der Waals surface area contributed by atoms with E-state index in [2.05, 4.69) is 5.32 Å². The highest BCUT2D eigenvalue weighted by atomic mass is 19.1. The van der Waals surface area contributed by atoms with E-state index in [4.69, 9.17) is 0 Å². The molecule has 7 heteroatoms. The van der Waals surface area contributed by atoms with Crippen LogP contribution in [0.2, 0.25) is 0 Å². The van der Waals surface area contributed by atoms with Crippen LogP contribution in [0.4, 0.5) is 20.6 Å². The molecule has 3 aliphatic heterocycles. The van der Waals surface area contributed by atoms with Gasteiger partial charge in [-0.05, 0) is 54.5 Å². The second-order valence-electron chi connectivity index (χ2n) is 9.47. The minimum absolute atomic E-state index is 0.0318. The quantitative estimate of drug-likeness (QED) is 0.565. The number of para-hydroxylation sites is 2. The van der Waals surface area contributed by atoms with Crippen LogP contribution in [-0.2, 0) is 16.0 Å². The van der Waals surface area contributed by atoms with Gasteiger partial charge in [0.1, 0.15) is 5.82 Å². The van der Waals surface area contributed by atoms with E-state index in [0.717, 1.165) is 16.9 Å². The average molecular weight is 470 g/mol. The number of benzene rings is 3. The maximum atomic E-state index is 15.1. The van der Waals surface area contributed by atoms with E-state index < -0.39 is 29.3 Å². The Hall–Kier alpha value is -4.00. The molecule has 6 rings (SSSR count). The summed E-state index contributed by atoms with van der Waals surface area (Å²) >= 11 is 0. The number of piperidine rings is 1. The van der Waals surface area contributed by atoms with Gasteiger partial charge in [0.2, 0.25) is 5.91 Å². The Morgan fingerprint density at radius 1 is 0.886 bits per heavy atom. The number of anilines is 2. The SMILES string of the molecule is O=C1NC(=O)[C@]2(Cc3cccc(F)c3N3CC[C@H](c4ccccc4)C[C@@H]32)C(=O)N1c1ccccc1. The minimum Gasteiger partial charge on any atom is -0.364 e. The number of rotatable bonds is 2. The zero-order chi connectivity index (χ0) is 24.2. The van der Waals surface area contributed by atoms with Crippen molar-refractivity contribution in [2.45, 2.75) is 31.2 Å². The highest BCUT2D eigenvalue weighted by Crippen LogP contribution is 2.51. The van der Waals surface area contributed by atoms with Crippen molar-refractivity contribution in [3.63, 3.8) is 0 Å². The first kappa shape index (κ1) is 21.5. The van der Waals surface area contributed by atoms with Gasteiger partial charge in [-0.25, -0.2) is 14.1 Å². The van der Waals surface area contributed by atoms with E-state index in [9.17, 15) is 14.4 Å². The van der Waals surface area contributed by atoms with Crippen molar-refractivity contribution in [2.75, 3.05) is 16.3 Å². The summed E-state index contributed by atoms with van der Waals surface area (Å²) in [5.41, 5.74) is 1.02. The van der Waals surface area contributed by atoms with Gasteiger partial charge in [0.25, 0.3) is 5.91 Å². The monoisotopic (exact) mass is 469 g/mol. The first-order valence-electron chi connectivity index (χ1n) is 11.8. The lowest BCUT2D eigenvalue weighted by molar-refractivity contribution is -0.145. The number of hydrogen-bond donors (Lipinski definition) is 1. The Morgan fingerprint density at radius 3 is 2.34 bits per heavy atom. The molecule has 2 saturated heterocycles. The zero-order valence-electron chi connectivity index (χ0n) is 19.0. The number of hydrogen-bond acceptors (Lipinski definition) is 4. The number of imide groups is 2. The molecule has 0 unspecified atom stereocenters. The summed E-state index contributed by atoms with van der Waals surface area (Å²) in [5, 5.41) is 2.46. The van der Waals surface area contributed by atoms with Gasteiger partial charge in [0.05, 0.1) is 17.4 Å². The smallest absolute Gasteiger partial charge is 0.335 e. The molecule has 35 heavy (non-hydrogen) atoms. The molecule has 0 aliphatic carbocycles. The number of barbiturate groups is 1. The fourth-order valence-electron chi connectivity index (χ4n) is 6.09. The molecule has 3 heterocycles. The largest absolute Gasteiger partial charge is 0.364 e. The number of nitrogens with zero attached hydrogens (tertiary/aromatic N) is 2. The summed E-state index contributed by atoms with van der Waals surface area (Å²) in [5.74, 6) is -1.43. The fourth-order valence-corrected chi connectivity index (χ4v) is 6.09. The lowest BCUT2D eigenvalue weighted by Gasteiger charge is -2.54. The van der Waals surface area contributed by atoms with Crippen molar-refractivity contribution in [3.05, 3.63) is 95.8 Å². The summed E-state index contributed by atoms with van der Waals surface area (Å²) in [4.78, 5) is 43.7. The molecule has 176 valence electrons. The molecule has 0 aromatic heterocycles. The van der Waals surface area contributed by atoms with Gasteiger partial charge < -0.3 is 4.90 Å². The molecule has 0 radical (unpaired) electrons. The lowest BCUT2D eigenvalue weighted by Crippen LogP contribution is -2.73. The summed E-state index contributed by atoms with van der Waals surface area (Å²) in [6.07, 6.45) is 1.29. The molecule has 0 bridgehead atoms. The molecular weight excluding hydrogens is 445 g/mol. The molecular formula is C28H24FN3O3. The molecule has 1 N–H and O–H groups in total. The number of nitrogens with one attached hydrogen (secondary N) is 1. The van der Waals surface area contributed by atoms with E-state index in [1.807, 2.05) is 35.2 Å². The van der Waals surface area contributed by atoms with Crippen molar-refractivity contribution in [3.8, 4) is 0 Å². The van der Waals surface area contributed by atoms with Crippen LogP contribution in [-0.4, -0.2) is 30.4 Å². The summed E-state index contributed by atoms with van der Waals surface area (Å²) in [6.45, 7) is 0.500. The molecule has 3 aliphatic rings. The summed E-state index contributed by atoms with van der Waals surface area (Å²) < 4.78 is 15.1. The van der Waals surface area contributed by atoms with Gasteiger partial charge in [0.15, 0.2) is 5.41 Å². The predicted molar refractivity (Wildman–Crippen MR) is 130 cm³/mol. The van der Waals surface area contributed by atoms with Crippen LogP contribution in [0, 0.1) is 11.2 Å². The van der Waals surface area contributed by atoms with E-state index in [0.29, 0.717) is 29.9 Å². The maximum Gasteiger partial charge on any atom is 0.335 e. The van der Waals surface area contributed by atoms with Crippen molar-refractivity contribution < 1.29 is 18.8 Å². The van der Waals surface area contributed by atoms with Crippen LogP contribution >= 0.6 is 0 Å². The Bertz CT molecular complexity index is 1330. The third kappa shape index (κ3) is 3.18. The van der Waals surface area contributed by atoms with E-state index in [-0.39, 0.29) is 18.2 Å². The Balaban J connectivity index is 1.51. The normalized spacial score (nSPS) is 25.8. The van der Waals surface area contributed by atoms with Crippen LogP contribution < -0.4 is 15.1 Å². The van der Waals surface area contributed by atoms with Gasteiger partial charge in [-0.3, -0.25) is 14.9 Å². The Morgan fingerprint density at radius 2 is 1.60 bits per heavy atom. The number of fused-ring (bicyclic) bond motifs is 4. The van der Waals surface area contributed by atoms with E-state index in [1.54, 1.807) is 42.5 Å². The van der Waals surface area contributed by atoms with Crippen molar-refractivity contribution in [1.29, 1.82) is 0 Å². The summed E-state index contributed by atoms with van der Waals surface area (Å²) in [7, 11) is 0. The fraction of sp³-hybridized carbons (Fsp3) is 0.250. The van der Waals surface area contributed by atoms with Crippen LogP contribution in [0.5, 0.6) is 0 Å². The van der Waals surface area contributed by atoms with Gasteiger partial charge in [-0.15, -0.1) is 0 Å². The van der Waals surface area contributed by atoms with Gasteiger partial charge in [-0.2, -0.15) is 0 Å². The predicted octanol–water partition coefficient (Wildman–Crippen LogP) is 4.40. The van der Waals surface area contributed by atoms with Gasteiger partial charge in [0, 0.05) is 6.54 Å². The Labute approximate surface area is 202 Å². The molecule has 0 saturated carbocycles. The highest BCUT2D eigenvalue weighted by Gasteiger charge is 2.63. The number of carbonyl (C=O) groups excluding carboxylic acids is 3. The lowest BCUT2D eigenvalue weighted by atomic mass is 9.64. The number of halogens is 1. The second-order valence-corrected chi connectivity index (χ2v) is 9.47. The van der Waals surface area contributed by atoms with E-state index in [1.165, 1.54) is 6.07 Å². The molecule has 4 amide bonds. The standard InChI is InChI=1S/C28H24FN3O3/c29-22-13-7-10-20-17-28(25(33)30-27(35)32(26(28)34)21-11-5-2-6-12-21)23-16-19(14-15-31(23)24(20)22)18-8-3-1-4-9-18/h1-13,19,23H,14-17H2,(H,30,33,35)/t19-,23+,28+/m0/s1. The molecule has 3 atom stereocenters. The third-order valence-corrected chi connectivity index (χ3v) is 7.70. The van der Waals surface area contributed by atoms with Crippen molar-refractivity contribution >= 4 is 29.2 Å². The van der Waals surface area contributed by atoms with Gasteiger partial charge >= 0.3 is 6.03 Å². The van der Waals surface area contributed by atoms with Crippen molar-refractivity contribution in [2.24, 2.45) is 5.41 Å². The zero-order valence-corrected chi connectivity index (χ0v) is 19.0. The maximum absolute atomic E-state index is 15.1. The minimum atomic E-state index is -1.56.